The maximum absolute atomic E-state index is 13.1. The number of hydrogen-bond acceptors (Lipinski definition) is 8. The molecule has 0 spiro atoms. The lowest BCUT2D eigenvalue weighted by molar-refractivity contribution is -0.141. The maximum Gasteiger partial charge on any atom is 0.433 e. The monoisotopic (exact) mass is 434 g/mol. The first-order valence-electron chi connectivity index (χ1n) is 8.39. The normalized spacial score (nSPS) is 12.1. The van der Waals surface area contributed by atoms with Crippen molar-refractivity contribution in [2.24, 2.45) is 0 Å². The molecule has 0 aliphatic carbocycles. The van der Waals surface area contributed by atoms with Crippen molar-refractivity contribution in [3.63, 3.8) is 0 Å². The second kappa shape index (κ2) is 9.24. The number of anilines is 3. The number of hydrogen-bond donors (Lipinski definition) is 4. The molecular weight excluding hydrogens is 413 g/mol. The quantitative estimate of drug-likeness (QED) is 0.268. The third-order valence-corrected chi connectivity index (χ3v) is 4.44. The summed E-state index contributed by atoms with van der Waals surface area (Å²) >= 11 is 0. The molecule has 1 heterocycles. The highest BCUT2D eigenvalue weighted by molar-refractivity contribution is 7.85. The highest BCUT2D eigenvalue weighted by atomic mass is 32.2. The Morgan fingerprint density at radius 1 is 1.10 bits per heavy atom. The molecule has 13 heteroatoms. The molecule has 9 nitrogen and oxygen atoms in total. The molecule has 2 aromatic rings. The van der Waals surface area contributed by atoms with Gasteiger partial charge in [0.1, 0.15) is 0 Å². The van der Waals surface area contributed by atoms with Gasteiger partial charge in [0.25, 0.3) is 10.1 Å². The van der Waals surface area contributed by atoms with Crippen molar-refractivity contribution in [3.05, 3.63) is 36.0 Å². The summed E-state index contributed by atoms with van der Waals surface area (Å²) in [7, 11) is -0.564. The predicted molar refractivity (Wildman–Crippen MR) is 102 cm³/mol. The van der Waals surface area contributed by atoms with Crippen LogP contribution in [-0.2, 0) is 16.3 Å². The van der Waals surface area contributed by atoms with Crippen LogP contribution in [0.1, 0.15) is 12.1 Å². The Kier molecular flexibility index (Phi) is 7.21. The van der Waals surface area contributed by atoms with Gasteiger partial charge in [0.05, 0.1) is 10.6 Å². The van der Waals surface area contributed by atoms with Gasteiger partial charge in [-0.2, -0.15) is 26.6 Å². The van der Waals surface area contributed by atoms with E-state index in [-0.39, 0.29) is 16.7 Å². The molecule has 160 valence electrons. The van der Waals surface area contributed by atoms with Crippen LogP contribution in [0.5, 0.6) is 0 Å². The van der Waals surface area contributed by atoms with E-state index in [1.54, 1.807) is 0 Å². The summed E-state index contributed by atoms with van der Waals surface area (Å²) in [6, 6.07) is 5.66. The Morgan fingerprint density at radius 2 is 1.76 bits per heavy atom. The van der Waals surface area contributed by atoms with Gasteiger partial charge in [0.15, 0.2) is 11.5 Å². The zero-order valence-corrected chi connectivity index (χ0v) is 16.5. The van der Waals surface area contributed by atoms with Gasteiger partial charge in [-0.25, -0.2) is 4.98 Å². The van der Waals surface area contributed by atoms with Gasteiger partial charge in [-0.1, -0.05) is 0 Å². The summed E-state index contributed by atoms with van der Waals surface area (Å²) < 4.78 is 70.3. The molecule has 0 bridgehead atoms. The van der Waals surface area contributed by atoms with Crippen molar-refractivity contribution in [3.8, 4) is 0 Å². The standard InChI is InChI=1S/C16H21F3N6O3S/c1-25(2)9-3-8-20-15-21-13(16(17,18)19)10-14(22-15)24-23-11-4-6-12(7-5-11)29(26,27)28/h4-7,10,23H,3,8-9H2,1-2H3,(H,26,27,28)(H2,20,21,22,24). The van der Waals surface area contributed by atoms with Crippen LogP contribution in [0.3, 0.4) is 0 Å². The van der Waals surface area contributed by atoms with Crippen LogP contribution >= 0.6 is 0 Å². The van der Waals surface area contributed by atoms with E-state index in [0.717, 1.165) is 24.7 Å². The summed E-state index contributed by atoms with van der Waals surface area (Å²) in [5.41, 5.74) is 4.35. The van der Waals surface area contributed by atoms with E-state index in [1.807, 2.05) is 19.0 Å². The number of halogens is 3. The fourth-order valence-electron chi connectivity index (χ4n) is 2.18. The van der Waals surface area contributed by atoms with Gasteiger partial charge in [-0.15, -0.1) is 0 Å². The number of rotatable bonds is 9. The van der Waals surface area contributed by atoms with Gasteiger partial charge < -0.3 is 10.2 Å². The van der Waals surface area contributed by atoms with E-state index < -0.39 is 22.0 Å². The number of aromatic nitrogens is 2. The summed E-state index contributed by atoms with van der Waals surface area (Å²) in [5.74, 6) is -0.314. The molecule has 0 amide bonds. The maximum atomic E-state index is 13.1. The Bertz CT molecular complexity index is 920. The van der Waals surface area contributed by atoms with Gasteiger partial charge >= 0.3 is 6.18 Å². The molecule has 1 aromatic carbocycles. The minimum absolute atomic E-state index is 0.138. The molecule has 4 N–H and O–H groups in total. The summed E-state index contributed by atoms with van der Waals surface area (Å²) in [5, 5.41) is 2.76. The van der Waals surface area contributed by atoms with Crippen molar-refractivity contribution < 1.29 is 26.1 Å². The molecule has 0 aliphatic heterocycles. The van der Waals surface area contributed by atoms with E-state index in [9.17, 15) is 21.6 Å². The average molecular weight is 434 g/mol. The number of nitrogens with zero attached hydrogens (tertiary/aromatic N) is 3. The fourth-order valence-corrected chi connectivity index (χ4v) is 2.66. The van der Waals surface area contributed by atoms with Crippen molar-refractivity contribution in [1.29, 1.82) is 0 Å². The Balaban J connectivity index is 2.10. The van der Waals surface area contributed by atoms with Crippen molar-refractivity contribution in [2.45, 2.75) is 17.5 Å². The van der Waals surface area contributed by atoms with Crippen LogP contribution in [0.2, 0.25) is 0 Å². The van der Waals surface area contributed by atoms with Gasteiger partial charge in [-0.05, 0) is 51.3 Å². The molecule has 0 radical (unpaired) electrons. The second-order valence-corrected chi connectivity index (χ2v) is 7.71. The molecule has 2 rings (SSSR count). The third-order valence-electron chi connectivity index (χ3n) is 3.57. The number of nitrogens with one attached hydrogen (secondary N) is 3. The van der Waals surface area contributed by atoms with Crippen LogP contribution in [0, 0.1) is 0 Å². The molecule has 0 saturated heterocycles. The first-order chi connectivity index (χ1) is 13.4. The van der Waals surface area contributed by atoms with E-state index in [2.05, 4.69) is 26.1 Å². The van der Waals surface area contributed by atoms with Gasteiger partial charge in [-0.3, -0.25) is 15.4 Å². The molecule has 0 aliphatic rings. The lowest BCUT2D eigenvalue weighted by Gasteiger charge is -2.14. The average Bonchev–Trinajstić information content (AvgIpc) is 2.62. The Hall–Kier alpha value is -2.64. The number of alkyl halides is 3. The number of hydrazine groups is 1. The summed E-state index contributed by atoms with van der Waals surface area (Å²) in [4.78, 5) is 9.11. The largest absolute Gasteiger partial charge is 0.433 e. The van der Waals surface area contributed by atoms with Gasteiger partial charge in [0.2, 0.25) is 5.95 Å². The van der Waals surface area contributed by atoms with E-state index in [4.69, 9.17) is 4.55 Å². The van der Waals surface area contributed by atoms with Crippen molar-refractivity contribution in [2.75, 3.05) is 43.4 Å². The lowest BCUT2D eigenvalue weighted by atomic mass is 10.3. The molecule has 0 atom stereocenters. The Labute approximate surface area is 166 Å². The third kappa shape index (κ3) is 7.36. The number of benzene rings is 1. The van der Waals surface area contributed by atoms with E-state index in [0.29, 0.717) is 18.7 Å². The summed E-state index contributed by atoms with van der Waals surface area (Å²) in [6.07, 6.45) is -3.97. The second-order valence-electron chi connectivity index (χ2n) is 6.29. The highest BCUT2D eigenvalue weighted by Gasteiger charge is 2.33. The molecule has 29 heavy (non-hydrogen) atoms. The minimum atomic E-state index is -4.66. The minimum Gasteiger partial charge on any atom is -0.354 e. The molecular formula is C16H21F3N6O3S. The predicted octanol–water partition coefficient (Wildman–Crippen LogP) is 2.54. The van der Waals surface area contributed by atoms with Crippen molar-refractivity contribution >= 4 is 27.6 Å². The first kappa shape index (κ1) is 22.6. The molecule has 0 saturated carbocycles. The SMILES string of the molecule is CN(C)CCCNc1nc(NNc2ccc(S(=O)(=O)O)cc2)cc(C(F)(F)F)n1. The van der Waals surface area contributed by atoms with Crippen molar-refractivity contribution in [1.82, 2.24) is 14.9 Å². The highest BCUT2D eigenvalue weighted by Crippen LogP contribution is 2.29. The first-order valence-corrected chi connectivity index (χ1v) is 9.83. The molecule has 0 fully saturated rings. The zero-order valence-electron chi connectivity index (χ0n) is 15.7. The van der Waals surface area contributed by atoms with Crippen LogP contribution in [-0.4, -0.2) is 55.0 Å². The Morgan fingerprint density at radius 3 is 2.31 bits per heavy atom. The van der Waals surface area contributed by atoms with Crippen LogP contribution < -0.4 is 16.2 Å². The van der Waals surface area contributed by atoms with E-state index >= 15 is 0 Å². The molecule has 1 aromatic heterocycles. The van der Waals surface area contributed by atoms with Crippen LogP contribution in [0.15, 0.2) is 35.2 Å². The van der Waals surface area contributed by atoms with Crippen LogP contribution in [0.25, 0.3) is 0 Å². The zero-order chi connectivity index (χ0) is 21.7. The summed E-state index contributed by atoms with van der Waals surface area (Å²) in [6.45, 7) is 1.14. The smallest absolute Gasteiger partial charge is 0.354 e. The lowest BCUT2D eigenvalue weighted by Crippen LogP contribution is -2.19. The van der Waals surface area contributed by atoms with Crippen LogP contribution in [0.4, 0.5) is 30.6 Å². The van der Waals surface area contributed by atoms with Gasteiger partial charge in [0, 0.05) is 12.6 Å². The topological polar surface area (TPSA) is 119 Å². The fraction of sp³-hybridized carbons (Fsp3) is 0.375. The molecule has 0 unspecified atom stereocenters. The van der Waals surface area contributed by atoms with E-state index in [1.165, 1.54) is 12.1 Å².